The van der Waals surface area contributed by atoms with E-state index in [1.54, 1.807) is 0 Å². The van der Waals surface area contributed by atoms with E-state index in [1.165, 1.54) is 12.8 Å². The molecule has 0 unspecified atom stereocenters. The number of rotatable bonds is 7. The molecule has 2 nitrogen and oxygen atoms in total. The molecule has 0 saturated carbocycles. The molecule has 0 heterocycles. The number of ether oxygens (including phenoxy) is 1. The van der Waals surface area contributed by atoms with Crippen LogP contribution in [-0.4, -0.2) is 12.6 Å². The first-order valence-electron chi connectivity index (χ1n) is 4.76. The number of hydrogen-bond donors (Lipinski definition) is 0. The standard InChI is InChI=1S/C10H19O2.BrH.Zn/c1-3-5-6-7-8-9-10(11)12-4-2;;/h1,3-9H2,2H3;1H;/p-1. The molecule has 0 saturated heterocycles. The van der Waals surface area contributed by atoms with Crippen molar-refractivity contribution < 1.29 is 46.0 Å². The Balaban J connectivity index is -0.000000605. The average Bonchev–Trinajstić information content (AvgIpc) is 2.05. The number of carbonyl (C=O) groups is 1. The third-order valence-electron chi connectivity index (χ3n) is 1.69. The first-order chi connectivity index (χ1) is 5.81. The Morgan fingerprint density at radius 2 is 1.79 bits per heavy atom. The molecule has 0 N–H and O–H groups in total. The van der Waals surface area contributed by atoms with Crippen molar-refractivity contribution in [2.45, 2.75) is 45.4 Å². The Morgan fingerprint density at radius 1 is 1.21 bits per heavy atom. The van der Waals surface area contributed by atoms with Crippen molar-refractivity contribution in [3.8, 4) is 0 Å². The maximum Gasteiger partial charge on any atom is 0.305 e. The molecule has 81 valence electrons. The largest absolute Gasteiger partial charge is 1.00 e. The van der Waals surface area contributed by atoms with Gasteiger partial charge >= 0.3 is 5.97 Å². The van der Waals surface area contributed by atoms with Gasteiger partial charge in [0.15, 0.2) is 0 Å². The van der Waals surface area contributed by atoms with Gasteiger partial charge in [0.1, 0.15) is 0 Å². The summed E-state index contributed by atoms with van der Waals surface area (Å²) >= 11 is 0. The molecular weight excluding hydrogens is 297 g/mol. The molecule has 0 aromatic carbocycles. The van der Waals surface area contributed by atoms with Gasteiger partial charge in [-0.1, -0.05) is 32.6 Å². The third-order valence-corrected chi connectivity index (χ3v) is 1.69. The molecule has 4 heteroatoms. The van der Waals surface area contributed by atoms with Gasteiger partial charge in [-0.2, -0.15) is 0 Å². The Hall–Kier alpha value is 0.573. The van der Waals surface area contributed by atoms with Crippen LogP contribution in [0.5, 0.6) is 0 Å². The van der Waals surface area contributed by atoms with Crippen LogP contribution in [0, 0.1) is 6.92 Å². The van der Waals surface area contributed by atoms with Crippen molar-refractivity contribution in [1.82, 2.24) is 0 Å². The summed E-state index contributed by atoms with van der Waals surface area (Å²) in [6.07, 6.45) is 6.00. The number of carbonyl (C=O) groups excluding carboxylic acids is 1. The topological polar surface area (TPSA) is 26.3 Å². The van der Waals surface area contributed by atoms with Gasteiger partial charge in [0.05, 0.1) is 6.61 Å². The predicted molar refractivity (Wildman–Crippen MR) is 49.7 cm³/mol. The fourth-order valence-electron chi connectivity index (χ4n) is 1.03. The summed E-state index contributed by atoms with van der Waals surface area (Å²) in [5.74, 6) is -0.0628. The van der Waals surface area contributed by atoms with E-state index in [0.29, 0.717) is 13.0 Å². The summed E-state index contributed by atoms with van der Waals surface area (Å²) < 4.78 is 4.80. The summed E-state index contributed by atoms with van der Waals surface area (Å²) in [5, 5.41) is 0. The Labute approximate surface area is 111 Å². The number of hydrogen-bond acceptors (Lipinski definition) is 2. The van der Waals surface area contributed by atoms with Crippen LogP contribution in [0.3, 0.4) is 0 Å². The van der Waals surface area contributed by atoms with Gasteiger partial charge in [0, 0.05) is 25.9 Å². The van der Waals surface area contributed by atoms with E-state index in [4.69, 9.17) is 4.74 Å². The normalized spacial score (nSPS) is 8.43. The van der Waals surface area contributed by atoms with Crippen LogP contribution < -0.4 is 17.0 Å². The molecule has 0 bridgehead atoms. The molecule has 0 spiro atoms. The van der Waals surface area contributed by atoms with E-state index >= 15 is 0 Å². The number of esters is 1. The molecule has 14 heavy (non-hydrogen) atoms. The van der Waals surface area contributed by atoms with Crippen LogP contribution in [-0.2, 0) is 29.0 Å². The second-order valence-corrected chi connectivity index (χ2v) is 2.82. The van der Waals surface area contributed by atoms with Crippen molar-refractivity contribution in [1.29, 1.82) is 0 Å². The Morgan fingerprint density at radius 3 is 2.29 bits per heavy atom. The van der Waals surface area contributed by atoms with Crippen molar-refractivity contribution in [3.63, 3.8) is 0 Å². The van der Waals surface area contributed by atoms with Crippen molar-refractivity contribution in [2.75, 3.05) is 6.61 Å². The van der Waals surface area contributed by atoms with Crippen molar-refractivity contribution >= 4 is 5.97 Å². The molecule has 0 atom stereocenters. The van der Waals surface area contributed by atoms with E-state index in [2.05, 4.69) is 6.92 Å². The quantitative estimate of drug-likeness (QED) is 0.367. The fraction of sp³-hybridized carbons (Fsp3) is 0.800. The Bertz CT molecular complexity index is 121. The summed E-state index contributed by atoms with van der Waals surface area (Å²) in [5.41, 5.74) is 0. The number of unbranched alkanes of at least 4 members (excludes halogenated alkanes) is 4. The van der Waals surface area contributed by atoms with Crippen LogP contribution in [0.4, 0.5) is 0 Å². The molecule has 0 aromatic heterocycles. The van der Waals surface area contributed by atoms with Gasteiger partial charge in [-0.3, -0.25) is 4.79 Å². The van der Waals surface area contributed by atoms with Crippen molar-refractivity contribution in [2.24, 2.45) is 0 Å². The van der Waals surface area contributed by atoms with E-state index < -0.39 is 0 Å². The minimum Gasteiger partial charge on any atom is -1.00 e. The van der Waals surface area contributed by atoms with E-state index in [1.807, 2.05) is 6.92 Å². The van der Waals surface area contributed by atoms with Crippen LogP contribution in [0.15, 0.2) is 0 Å². The van der Waals surface area contributed by atoms with Gasteiger partial charge in [0.25, 0.3) is 0 Å². The molecule has 0 rings (SSSR count). The fourth-order valence-corrected chi connectivity index (χ4v) is 1.03. The van der Waals surface area contributed by atoms with Gasteiger partial charge in [-0.25, -0.2) is 0 Å². The van der Waals surface area contributed by atoms with Crippen LogP contribution in [0.25, 0.3) is 0 Å². The second-order valence-electron chi connectivity index (χ2n) is 2.82. The summed E-state index contributed by atoms with van der Waals surface area (Å²) in [6.45, 7) is 6.09. The van der Waals surface area contributed by atoms with Gasteiger partial charge in [-0.15, -0.1) is 0 Å². The zero-order chi connectivity index (χ0) is 9.23. The molecule has 0 amide bonds. The maximum absolute atomic E-state index is 10.8. The minimum atomic E-state index is -0.0628. The van der Waals surface area contributed by atoms with Crippen molar-refractivity contribution in [3.05, 3.63) is 6.92 Å². The van der Waals surface area contributed by atoms with E-state index in [9.17, 15) is 4.79 Å². The van der Waals surface area contributed by atoms with Gasteiger partial charge in [-0.05, 0) is 13.3 Å². The van der Waals surface area contributed by atoms with Crippen LogP contribution in [0.1, 0.15) is 45.4 Å². The zero-order valence-electron chi connectivity index (χ0n) is 9.06. The van der Waals surface area contributed by atoms with E-state index in [0.717, 1.165) is 19.3 Å². The van der Waals surface area contributed by atoms with Gasteiger partial charge < -0.3 is 21.7 Å². The molecule has 0 fully saturated rings. The molecular formula is C10H19BrO2Zn-. The van der Waals surface area contributed by atoms with Crippen LogP contribution in [0.2, 0.25) is 0 Å². The summed E-state index contributed by atoms with van der Waals surface area (Å²) in [7, 11) is 0. The van der Waals surface area contributed by atoms with Crippen LogP contribution >= 0.6 is 0 Å². The molecule has 0 aliphatic carbocycles. The second kappa shape index (κ2) is 16.0. The number of halogens is 1. The smallest absolute Gasteiger partial charge is 0.305 e. The minimum absolute atomic E-state index is 0. The maximum atomic E-state index is 10.8. The summed E-state index contributed by atoms with van der Waals surface area (Å²) in [6, 6.07) is 0. The monoisotopic (exact) mass is 314 g/mol. The van der Waals surface area contributed by atoms with E-state index in [-0.39, 0.29) is 42.4 Å². The first kappa shape index (κ1) is 20.0. The summed E-state index contributed by atoms with van der Waals surface area (Å²) in [4.78, 5) is 10.8. The SMILES string of the molecule is [Br-].[CH2]CCCCCCC(=O)OCC.[Zn]. The third kappa shape index (κ3) is 15.1. The first-order valence-corrected chi connectivity index (χ1v) is 4.76. The zero-order valence-corrected chi connectivity index (χ0v) is 13.6. The molecule has 0 aromatic rings. The molecule has 1 radical (unpaired) electrons. The average molecular weight is 317 g/mol. The predicted octanol–water partition coefficient (Wildman–Crippen LogP) is -0.274. The Kier molecular flexibility index (Phi) is 22.9. The molecule has 0 aliphatic heterocycles. The van der Waals surface area contributed by atoms with Gasteiger partial charge in [0.2, 0.25) is 0 Å². The molecule has 0 aliphatic rings.